The summed E-state index contributed by atoms with van der Waals surface area (Å²) >= 11 is 0. The maximum Gasteiger partial charge on any atom is -0.00157 e. The summed E-state index contributed by atoms with van der Waals surface area (Å²) in [5, 5.41) is 0. The normalized spacial score (nSPS) is 26.2. The van der Waals surface area contributed by atoms with E-state index in [2.05, 4.69) is 18.7 Å². The fraction of sp³-hybridized carbons (Fsp3) is 1.00. The first-order valence-corrected chi connectivity index (χ1v) is 6.68. The minimum absolute atomic E-state index is 0.690. The zero-order chi connectivity index (χ0) is 11.1. The third-order valence-electron chi connectivity index (χ3n) is 3.86. The van der Waals surface area contributed by atoms with Crippen molar-refractivity contribution in [3.63, 3.8) is 0 Å². The number of hydrogen-bond donors (Lipinski definition) is 1. The van der Waals surface area contributed by atoms with Gasteiger partial charge in [-0.1, -0.05) is 20.3 Å². The molecule has 0 bridgehead atoms. The van der Waals surface area contributed by atoms with E-state index in [1.165, 1.54) is 51.7 Å². The number of likely N-dealkylation sites (tertiary alicyclic amines) is 1. The topological polar surface area (TPSA) is 29.3 Å². The largest absolute Gasteiger partial charge is 0.330 e. The molecular weight excluding hydrogens is 184 g/mol. The predicted octanol–water partition coefficient (Wildman–Crippen LogP) is 2.48. The van der Waals surface area contributed by atoms with Crippen molar-refractivity contribution in [2.75, 3.05) is 26.2 Å². The van der Waals surface area contributed by atoms with Gasteiger partial charge in [0.05, 0.1) is 0 Å². The van der Waals surface area contributed by atoms with Crippen LogP contribution in [0, 0.1) is 11.8 Å². The zero-order valence-electron chi connectivity index (χ0n) is 10.5. The van der Waals surface area contributed by atoms with Gasteiger partial charge in [0.2, 0.25) is 0 Å². The van der Waals surface area contributed by atoms with Crippen LogP contribution in [0.25, 0.3) is 0 Å². The fourth-order valence-electron chi connectivity index (χ4n) is 2.38. The molecule has 1 saturated heterocycles. The van der Waals surface area contributed by atoms with Crippen LogP contribution in [0.5, 0.6) is 0 Å². The molecule has 1 rings (SSSR count). The maximum absolute atomic E-state index is 5.64. The number of nitrogens with two attached hydrogens (primary N) is 1. The quantitative estimate of drug-likeness (QED) is 0.758. The van der Waals surface area contributed by atoms with Crippen molar-refractivity contribution >= 4 is 0 Å². The van der Waals surface area contributed by atoms with Gasteiger partial charge in [-0.2, -0.15) is 0 Å². The van der Waals surface area contributed by atoms with E-state index in [-0.39, 0.29) is 0 Å². The van der Waals surface area contributed by atoms with Crippen LogP contribution in [0.4, 0.5) is 0 Å². The van der Waals surface area contributed by atoms with Crippen molar-refractivity contribution in [1.29, 1.82) is 0 Å². The van der Waals surface area contributed by atoms with Gasteiger partial charge in [0.25, 0.3) is 0 Å². The Morgan fingerprint density at radius 2 is 2.13 bits per heavy atom. The lowest BCUT2D eigenvalue weighted by molar-refractivity contribution is 0.261. The minimum Gasteiger partial charge on any atom is -0.330 e. The second kappa shape index (κ2) is 7.24. The van der Waals surface area contributed by atoms with Crippen LogP contribution in [0.15, 0.2) is 0 Å². The molecular formula is C13H28N2. The highest BCUT2D eigenvalue weighted by Crippen LogP contribution is 2.20. The molecule has 0 saturated carbocycles. The van der Waals surface area contributed by atoms with Gasteiger partial charge in [-0.15, -0.1) is 0 Å². The van der Waals surface area contributed by atoms with Crippen molar-refractivity contribution in [2.45, 2.75) is 46.0 Å². The molecule has 2 heteroatoms. The van der Waals surface area contributed by atoms with Crippen molar-refractivity contribution in [3.05, 3.63) is 0 Å². The molecule has 2 N–H and O–H groups in total. The van der Waals surface area contributed by atoms with Crippen LogP contribution in [0.3, 0.4) is 0 Å². The first-order valence-electron chi connectivity index (χ1n) is 6.68. The third kappa shape index (κ3) is 4.98. The Morgan fingerprint density at radius 3 is 2.80 bits per heavy atom. The Balaban J connectivity index is 2.19. The molecule has 0 aromatic rings. The number of nitrogens with zero attached hydrogens (tertiary/aromatic N) is 1. The SMILES string of the molecule is CCC1CCCN(CCC(C)CN)CC1. The molecule has 1 aliphatic rings. The third-order valence-corrected chi connectivity index (χ3v) is 3.86. The van der Waals surface area contributed by atoms with Crippen LogP contribution >= 0.6 is 0 Å². The molecule has 0 radical (unpaired) electrons. The average molecular weight is 212 g/mol. The van der Waals surface area contributed by atoms with Crippen molar-refractivity contribution < 1.29 is 0 Å². The highest BCUT2D eigenvalue weighted by molar-refractivity contribution is 4.70. The van der Waals surface area contributed by atoms with Crippen LogP contribution in [-0.4, -0.2) is 31.1 Å². The van der Waals surface area contributed by atoms with Gasteiger partial charge in [0.15, 0.2) is 0 Å². The molecule has 1 heterocycles. The summed E-state index contributed by atoms with van der Waals surface area (Å²) in [6.07, 6.45) is 6.89. The molecule has 1 aliphatic heterocycles. The van der Waals surface area contributed by atoms with Crippen LogP contribution in [-0.2, 0) is 0 Å². The Kier molecular flexibility index (Phi) is 6.26. The molecule has 1 fully saturated rings. The van der Waals surface area contributed by atoms with Crippen LogP contribution in [0.1, 0.15) is 46.0 Å². The molecule has 0 aliphatic carbocycles. The molecule has 2 nitrogen and oxygen atoms in total. The van der Waals surface area contributed by atoms with E-state index >= 15 is 0 Å². The van der Waals surface area contributed by atoms with E-state index < -0.39 is 0 Å². The zero-order valence-corrected chi connectivity index (χ0v) is 10.5. The summed E-state index contributed by atoms with van der Waals surface area (Å²) in [5.41, 5.74) is 5.64. The molecule has 90 valence electrons. The molecule has 0 aromatic heterocycles. The Bertz CT molecular complexity index is 159. The Labute approximate surface area is 95.2 Å². The van der Waals surface area contributed by atoms with Crippen LogP contribution < -0.4 is 5.73 Å². The van der Waals surface area contributed by atoms with E-state index in [0.29, 0.717) is 5.92 Å². The minimum atomic E-state index is 0.690. The maximum atomic E-state index is 5.64. The predicted molar refractivity (Wildman–Crippen MR) is 66.9 cm³/mol. The molecule has 0 spiro atoms. The summed E-state index contributed by atoms with van der Waals surface area (Å²) < 4.78 is 0. The van der Waals surface area contributed by atoms with Gasteiger partial charge in [-0.25, -0.2) is 0 Å². The monoisotopic (exact) mass is 212 g/mol. The standard InChI is InChI=1S/C13H28N2/c1-3-13-5-4-8-15(10-7-13)9-6-12(2)11-14/h12-13H,3-11,14H2,1-2H3. The second-order valence-corrected chi connectivity index (χ2v) is 5.18. The summed E-state index contributed by atoms with van der Waals surface area (Å²) in [6, 6.07) is 0. The first kappa shape index (κ1) is 13.0. The lowest BCUT2D eigenvalue weighted by atomic mass is 9.98. The van der Waals surface area contributed by atoms with Gasteiger partial charge >= 0.3 is 0 Å². The Morgan fingerprint density at radius 1 is 1.33 bits per heavy atom. The van der Waals surface area contributed by atoms with Gasteiger partial charge in [-0.3, -0.25) is 0 Å². The summed E-state index contributed by atoms with van der Waals surface area (Å²) in [5.74, 6) is 1.68. The molecule has 0 amide bonds. The van der Waals surface area contributed by atoms with E-state index in [1.54, 1.807) is 0 Å². The van der Waals surface area contributed by atoms with E-state index in [1.807, 2.05) is 0 Å². The van der Waals surface area contributed by atoms with Crippen molar-refractivity contribution in [3.8, 4) is 0 Å². The number of rotatable bonds is 5. The highest BCUT2D eigenvalue weighted by Gasteiger charge is 2.15. The van der Waals surface area contributed by atoms with E-state index in [4.69, 9.17) is 5.73 Å². The van der Waals surface area contributed by atoms with E-state index in [9.17, 15) is 0 Å². The van der Waals surface area contributed by atoms with E-state index in [0.717, 1.165) is 12.5 Å². The van der Waals surface area contributed by atoms with Crippen molar-refractivity contribution in [1.82, 2.24) is 4.90 Å². The van der Waals surface area contributed by atoms with Gasteiger partial charge in [-0.05, 0) is 63.7 Å². The molecule has 2 atom stereocenters. The second-order valence-electron chi connectivity index (χ2n) is 5.18. The lowest BCUT2D eigenvalue weighted by Gasteiger charge is -2.21. The van der Waals surface area contributed by atoms with Gasteiger partial charge in [0.1, 0.15) is 0 Å². The lowest BCUT2D eigenvalue weighted by Crippen LogP contribution is -2.28. The number of hydrogen-bond acceptors (Lipinski definition) is 2. The molecule has 2 unspecified atom stereocenters. The first-order chi connectivity index (χ1) is 7.26. The Hall–Kier alpha value is -0.0800. The van der Waals surface area contributed by atoms with Gasteiger partial charge < -0.3 is 10.6 Å². The fourth-order valence-corrected chi connectivity index (χ4v) is 2.38. The smallest absolute Gasteiger partial charge is 0.00157 e. The summed E-state index contributed by atoms with van der Waals surface area (Å²) in [7, 11) is 0. The summed E-state index contributed by atoms with van der Waals surface area (Å²) in [6.45, 7) is 9.31. The van der Waals surface area contributed by atoms with Gasteiger partial charge in [0, 0.05) is 0 Å². The molecule has 15 heavy (non-hydrogen) atoms. The average Bonchev–Trinajstić information content (AvgIpc) is 2.50. The summed E-state index contributed by atoms with van der Waals surface area (Å²) in [4.78, 5) is 2.64. The highest BCUT2D eigenvalue weighted by atomic mass is 15.1. The van der Waals surface area contributed by atoms with Crippen LogP contribution in [0.2, 0.25) is 0 Å². The van der Waals surface area contributed by atoms with Crippen molar-refractivity contribution in [2.24, 2.45) is 17.6 Å². The molecule has 0 aromatic carbocycles.